The van der Waals surface area contributed by atoms with Crippen LogP contribution >= 0.6 is 35.3 Å². The number of aliphatic imine (C=N–C) groups is 1. The molecule has 0 radical (unpaired) electrons. The molecule has 0 fully saturated rings. The summed E-state index contributed by atoms with van der Waals surface area (Å²) in [6.45, 7) is 5.41. The molecule has 0 unspecified atom stereocenters. The monoisotopic (exact) mass is 456 g/mol. The van der Waals surface area contributed by atoms with Gasteiger partial charge < -0.3 is 15.0 Å². The normalized spacial score (nSPS) is 11.4. The second-order valence-corrected chi connectivity index (χ2v) is 6.51. The molecule has 0 bridgehead atoms. The smallest absolute Gasteiger partial charge is 0.191 e. The lowest BCUT2D eigenvalue weighted by molar-refractivity contribution is 0.800. The van der Waals surface area contributed by atoms with Crippen molar-refractivity contribution in [2.24, 2.45) is 4.99 Å². The molecule has 24 heavy (non-hydrogen) atoms. The minimum absolute atomic E-state index is 0. The molecule has 0 saturated heterocycles. The number of nitrogens with one attached hydrogen (secondary N) is 2. The topological polar surface area (TPSA) is 66.6 Å². The summed E-state index contributed by atoms with van der Waals surface area (Å²) in [6.07, 6.45) is 4.01. The van der Waals surface area contributed by atoms with Crippen LogP contribution in [0.2, 0.25) is 0 Å². The van der Waals surface area contributed by atoms with Crippen LogP contribution in [0.25, 0.3) is 5.65 Å². The molecule has 0 aliphatic rings. The Morgan fingerprint density at radius 1 is 1.21 bits per heavy atom. The minimum atomic E-state index is 0. The maximum absolute atomic E-state index is 4.56. The number of hydrogen-bond donors (Lipinski definition) is 2. The van der Waals surface area contributed by atoms with E-state index in [9.17, 15) is 0 Å². The van der Waals surface area contributed by atoms with Crippen molar-refractivity contribution in [2.75, 3.05) is 7.05 Å². The van der Waals surface area contributed by atoms with Gasteiger partial charge >= 0.3 is 0 Å². The van der Waals surface area contributed by atoms with Crippen LogP contribution in [0.15, 0.2) is 35.6 Å². The molecular formula is C16H21IN6S. The number of imidazole rings is 1. The number of aryl methyl sites for hydroxylation is 2. The van der Waals surface area contributed by atoms with Gasteiger partial charge in [-0.3, -0.25) is 4.99 Å². The zero-order valence-corrected chi connectivity index (χ0v) is 17.1. The predicted octanol–water partition coefficient (Wildman–Crippen LogP) is 2.89. The van der Waals surface area contributed by atoms with Crippen molar-refractivity contribution in [1.29, 1.82) is 0 Å². The third kappa shape index (κ3) is 4.44. The van der Waals surface area contributed by atoms with E-state index >= 15 is 0 Å². The Labute approximate surface area is 162 Å². The highest BCUT2D eigenvalue weighted by Crippen LogP contribution is 2.16. The van der Waals surface area contributed by atoms with Crippen LogP contribution in [0.5, 0.6) is 0 Å². The number of guanidine groups is 1. The molecule has 128 valence electrons. The van der Waals surface area contributed by atoms with Gasteiger partial charge in [-0.15, -0.1) is 35.3 Å². The van der Waals surface area contributed by atoms with E-state index in [1.165, 1.54) is 4.88 Å². The second-order valence-electron chi connectivity index (χ2n) is 5.22. The van der Waals surface area contributed by atoms with Crippen LogP contribution in [0, 0.1) is 13.8 Å². The Hall–Kier alpha value is -1.68. The van der Waals surface area contributed by atoms with Gasteiger partial charge in [-0.2, -0.15) is 0 Å². The van der Waals surface area contributed by atoms with Crippen LogP contribution < -0.4 is 10.6 Å². The fourth-order valence-corrected chi connectivity index (χ4v) is 3.25. The Bertz CT molecular complexity index is 805. The molecule has 0 saturated carbocycles. The summed E-state index contributed by atoms with van der Waals surface area (Å²) in [4.78, 5) is 14.5. The summed E-state index contributed by atoms with van der Waals surface area (Å²) in [5, 5.41) is 7.70. The van der Waals surface area contributed by atoms with Crippen LogP contribution in [-0.2, 0) is 13.1 Å². The first kappa shape index (κ1) is 18.7. The van der Waals surface area contributed by atoms with Crippen molar-refractivity contribution in [2.45, 2.75) is 26.9 Å². The Kier molecular flexibility index (Phi) is 6.55. The SMILES string of the molecule is CN=C(NCc1cn2ccccc2n1)NCc1sc(C)nc1C.I. The molecule has 0 atom stereocenters. The summed E-state index contributed by atoms with van der Waals surface area (Å²) in [5.74, 6) is 0.757. The largest absolute Gasteiger partial charge is 0.351 e. The van der Waals surface area contributed by atoms with Crippen molar-refractivity contribution in [3.05, 3.63) is 51.9 Å². The highest BCUT2D eigenvalue weighted by atomic mass is 127. The molecule has 0 aliphatic carbocycles. The number of rotatable bonds is 4. The fraction of sp³-hybridized carbons (Fsp3) is 0.312. The van der Waals surface area contributed by atoms with E-state index in [1.54, 1.807) is 18.4 Å². The lowest BCUT2D eigenvalue weighted by Crippen LogP contribution is -2.36. The van der Waals surface area contributed by atoms with Crippen LogP contribution in [0.1, 0.15) is 21.3 Å². The fourth-order valence-electron chi connectivity index (χ4n) is 2.37. The Balaban J connectivity index is 0.00000208. The number of halogens is 1. The van der Waals surface area contributed by atoms with Crippen LogP contribution in [-0.4, -0.2) is 27.4 Å². The highest BCUT2D eigenvalue weighted by Gasteiger charge is 2.06. The van der Waals surface area contributed by atoms with Gasteiger partial charge in [-0.1, -0.05) is 6.07 Å². The van der Waals surface area contributed by atoms with Gasteiger partial charge in [0.2, 0.25) is 0 Å². The van der Waals surface area contributed by atoms with Gasteiger partial charge in [0, 0.05) is 24.3 Å². The molecule has 0 spiro atoms. The maximum atomic E-state index is 4.56. The minimum Gasteiger partial charge on any atom is -0.351 e. The van der Waals surface area contributed by atoms with Gasteiger partial charge in [0.05, 0.1) is 29.5 Å². The molecule has 2 N–H and O–H groups in total. The quantitative estimate of drug-likeness (QED) is 0.360. The number of aromatic nitrogens is 3. The van der Waals surface area contributed by atoms with E-state index in [2.05, 4.69) is 25.6 Å². The first-order chi connectivity index (χ1) is 11.2. The number of thiazole rings is 1. The summed E-state index contributed by atoms with van der Waals surface area (Å²) >= 11 is 1.71. The van der Waals surface area contributed by atoms with Gasteiger partial charge in [0.25, 0.3) is 0 Å². The molecule has 3 aromatic rings. The zero-order valence-electron chi connectivity index (χ0n) is 13.9. The first-order valence-electron chi connectivity index (χ1n) is 7.46. The predicted molar refractivity (Wildman–Crippen MR) is 109 cm³/mol. The van der Waals surface area contributed by atoms with Crippen LogP contribution in [0.3, 0.4) is 0 Å². The van der Waals surface area contributed by atoms with Gasteiger partial charge in [-0.25, -0.2) is 9.97 Å². The van der Waals surface area contributed by atoms with Gasteiger partial charge in [-0.05, 0) is 26.0 Å². The molecule has 0 aromatic carbocycles. The maximum Gasteiger partial charge on any atom is 0.191 e. The molecule has 6 nitrogen and oxygen atoms in total. The Morgan fingerprint density at radius 3 is 2.67 bits per heavy atom. The number of pyridine rings is 1. The standard InChI is InChI=1S/C16H20N6S.HI/c1-11-14(23-12(2)20-11)9-19-16(17-3)18-8-13-10-22-7-5-4-6-15(22)21-13;/h4-7,10H,8-9H2,1-3H3,(H2,17,18,19);1H. The molecule has 0 amide bonds. The number of fused-ring (bicyclic) bond motifs is 1. The van der Waals surface area contributed by atoms with Crippen molar-refractivity contribution >= 4 is 46.9 Å². The molecule has 3 aromatic heterocycles. The number of nitrogens with zero attached hydrogens (tertiary/aromatic N) is 4. The molecular weight excluding hydrogens is 435 g/mol. The van der Waals surface area contributed by atoms with Crippen molar-refractivity contribution in [3.8, 4) is 0 Å². The van der Waals surface area contributed by atoms with Crippen molar-refractivity contribution < 1.29 is 0 Å². The molecule has 0 aliphatic heterocycles. The van der Waals surface area contributed by atoms with E-state index < -0.39 is 0 Å². The van der Waals surface area contributed by atoms with E-state index in [-0.39, 0.29) is 24.0 Å². The second kappa shape index (κ2) is 8.43. The van der Waals surface area contributed by atoms with E-state index in [0.717, 1.165) is 34.5 Å². The summed E-state index contributed by atoms with van der Waals surface area (Å²) in [6, 6.07) is 5.97. The van der Waals surface area contributed by atoms with Crippen LogP contribution in [0.4, 0.5) is 0 Å². The van der Waals surface area contributed by atoms with Crippen molar-refractivity contribution in [1.82, 2.24) is 25.0 Å². The average molecular weight is 456 g/mol. The van der Waals surface area contributed by atoms with Crippen molar-refractivity contribution in [3.63, 3.8) is 0 Å². The summed E-state index contributed by atoms with van der Waals surface area (Å²) in [5.41, 5.74) is 3.00. The molecule has 3 heterocycles. The van der Waals surface area contributed by atoms with Gasteiger partial charge in [0.15, 0.2) is 5.96 Å². The Morgan fingerprint density at radius 2 is 2.00 bits per heavy atom. The summed E-state index contributed by atoms with van der Waals surface area (Å²) in [7, 11) is 1.77. The first-order valence-corrected chi connectivity index (χ1v) is 8.27. The zero-order chi connectivity index (χ0) is 16.2. The third-order valence-electron chi connectivity index (χ3n) is 3.49. The average Bonchev–Trinajstić information content (AvgIpc) is 3.09. The van der Waals surface area contributed by atoms with E-state index in [4.69, 9.17) is 0 Å². The molecule has 3 rings (SSSR count). The molecule has 8 heteroatoms. The lowest BCUT2D eigenvalue weighted by atomic mass is 10.4. The highest BCUT2D eigenvalue weighted by molar-refractivity contribution is 14.0. The third-order valence-corrected chi connectivity index (χ3v) is 4.56. The lowest BCUT2D eigenvalue weighted by Gasteiger charge is -2.10. The van der Waals surface area contributed by atoms with Gasteiger partial charge in [0.1, 0.15) is 5.65 Å². The number of hydrogen-bond acceptors (Lipinski definition) is 4. The summed E-state index contributed by atoms with van der Waals surface area (Å²) < 4.78 is 2.01. The van der Waals surface area contributed by atoms with E-state index in [0.29, 0.717) is 6.54 Å². The van der Waals surface area contributed by atoms with E-state index in [1.807, 2.05) is 48.8 Å².